The number of benzene rings is 2. The molecule has 0 radical (unpaired) electrons. The molecule has 0 spiro atoms. The van der Waals surface area contributed by atoms with Crippen LogP contribution in [-0.2, 0) is 12.7 Å². The molecule has 33 heavy (non-hydrogen) atoms. The standard InChI is InChI=1S/C20H17ClF3N5O3S/c21-14-3-1-12(2-4-14)11-25-28-7-5-27(6-8-28)19-26-18(30)15-9-13(20(22,23)24)10-16(29(31)32)17(15)33-19/h1-4,9-10,25H,5-8,11H2. The van der Waals surface area contributed by atoms with Gasteiger partial charge in [-0.1, -0.05) is 35.1 Å². The molecule has 2 aromatic carbocycles. The van der Waals surface area contributed by atoms with Crippen LogP contribution in [0.2, 0.25) is 5.02 Å². The number of hydrogen-bond donors (Lipinski definition) is 1. The fourth-order valence-electron chi connectivity index (χ4n) is 3.44. The first-order valence-electron chi connectivity index (χ1n) is 9.80. The van der Waals surface area contributed by atoms with E-state index in [1.54, 1.807) is 17.0 Å². The second kappa shape index (κ2) is 9.21. The third-order valence-corrected chi connectivity index (χ3v) is 6.60. The van der Waals surface area contributed by atoms with Crippen LogP contribution in [0.3, 0.4) is 0 Å². The molecule has 0 aliphatic carbocycles. The number of non-ortho nitro benzene ring substituents is 1. The molecule has 174 valence electrons. The zero-order valence-corrected chi connectivity index (χ0v) is 18.5. The Morgan fingerprint density at radius 3 is 2.42 bits per heavy atom. The van der Waals surface area contributed by atoms with Crippen LogP contribution in [0.5, 0.6) is 0 Å². The number of alkyl halides is 3. The maximum absolute atomic E-state index is 13.1. The number of fused-ring (bicyclic) bond motifs is 1. The van der Waals surface area contributed by atoms with Crippen LogP contribution in [0.4, 0.5) is 24.0 Å². The summed E-state index contributed by atoms with van der Waals surface area (Å²) in [5, 5.41) is 13.9. The average Bonchev–Trinajstić information content (AvgIpc) is 2.77. The van der Waals surface area contributed by atoms with Gasteiger partial charge in [0, 0.05) is 43.8 Å². The molecule has 1 aliphatic rings. The first-order valence-corrected chi connectivity index (χ1v) is 11.0. The number of halogens is 4. The molecule has 0 unspecified atom stereocenters. The molecular weight excluding hydrogens is 483 g/mol. The minimum atomic E-state index is -4.82. The first-order chi connectivity index (χ1) is 15.6. The smallest absolute Gasteiger partial charge is 0.345 e. The van der Waals surface area contributed by atoms with E-state index in [1.807, 2.05) is 17.1 Å². The van der Waals surface area contributed by atoms with Gasteiger partial charge < -0.3 is 4.90 Å². The summed E-state index contributed by atoms with van der Waals surface area (Å²) < 4.78 is 39.2. The Hall–Kier alpha value is -2.80. The van der Waals surface area contributed by atoms with Crippen molar-refractivity contribution in [1.82, 2.24) is 15.4 Å². The lowest BCUT2D eigenvalue weighted by Gasteiger charge is -2.35. The van der Waals surface area contributed by atoms with E-state index in [4.69, 9.17) is 11.6 Å². The molecule has 1 aliphatic heterocycles. The zero-order valence-electron chi connectivity index (χ0n) is 16.9. The van der Waals surface area contributed by atoms with Crippen LogP contribution in [-0.4, -0.2) is 41.1 Å². The highest BCUT2D eigenvalue weighted by Crippen LogP contribution is 2.38. The van der Waals surface area contributed by atoms with Crippen LogP contribution >= 0.6 is 22.9 Å². The minimum absolute atomic E-state index is 0.119. The lowest BCUT2D eigenvalue weighted by atomic mass is 10.1. The fraction of sp³-hybridized carbons (Fsp3) is 0.300. The van der Waals surface area contributed by atoms with Gasteiger partial charge in [0.25, 0.3) is 11.2 Å². The minimum Gasteiger partial charge on any atom is -0.345 e. The summed E-state index contributed by atoms with van der Waals surface area (Å²) in [5.41, 5.74) is 1.44. The predicted octanol–water partition coefficient (Wildman–Crippen LogP) is 4.06. The Kier molecular flexibility index (Phi) is 6.52. The zero-order chi connectivity index (χ0) is 23.8. The summed E-state index contributed by atoms with van der Waals surface area (Å²) in [6.07, 6.45) is -4.82. The van der Waals surface area contributed by atoms with Crippen molar-refractivity contribution < 1.29 is 18.1 Å². The van der Waals surface area contributed by atoms with E-state index in [0.29, 0.717) is 49.9 Å². The molecule has 3 aromatic rings. The maximum atomic E-state index is 13.1. The van der Waals surface area contributed by atoms with Gasteiger partial charge in [-0.3, -0.25) is 20.3 Å². The maximum Gasteiger partial charge on any atom is 0.416 e. The van der Waals surface area contributed by atoms with E-state index in [1.165, 1.54) is 0 Å². The highest BCUT2D eigenvalue weighted by atomic mass is 35.5. The molecular formula is C20H17ClF3N5O3S. The number of nitro groups is 1. The van der Waals surface area contributed by atoms with Gasteiger partial charge in [-0.2, -0.15) is 18.2 Å². The van der Waals surface area contributed by atoms with Crippen molar-refractivity contribution in [3.63, 3.8) is 0 Å². The summed E-state index contributed by atoms with van der Waals surface area (Å²) in [6, 6.07) is 8.52. The fourth-order valence-corrected chi connectivity index (χ4v) is 4.68. The number of aromatic nitrogens is 1. The molecule has 0 saturated carbocycles. The van der Waals surface area contributed by atoms with Gasteiger partial charge in [-0.25, -0.2) is 5.01 Å². The molecule has 0 atom stereocenters. The summed E-state index contributed by atoms with van der Waals surface area (Å²) in [7, 11) is 0. The number of nitro benzene ring substituents is 1. The van der Waals surface area contributed by atoms with Crippen LogP contribution < -0.4 is 15.9 Å². The summed E-state index contributed by atoms with van der Waals surface area (Å²) >= 11 is 6.74. The molecule has 8 nitrogen and oxygen atoms in total. The molecule has 0 bridgehead atoms. The van der Waals surface area contributed by atoms with Crippen LogP contribution in [0, 0.1) is 10.1 Å². The first kappa shape index (κ1) is 23.4. The lowest BCUT2D eigenvalue weighted by molar-refractivity contribution is -0.383. The van der Waals surface area contributed by atoms with Gasteiger partial charge in [-0.15, -0.1) is 0 Å². The number of hydrazine groups is 1. The predicted molar refractivity (Wildman–Crippen MR) is 120 cm³/mol. The summed E-state index contributed by atoms with van der Waals surface area (Å²) in [5.74, 6) is 0. The number of nitrogens with one attached hydrogen (secondary N) is 1. The highest BCUT2D eigenvalue weighted by molar-refractivity contribution is 7.22. The molecule has 2 heterocycles. The average molecular weight is 500 g/mol. The lowest BCUT2D eigenvalue weighted by Crippen LogP contribution is -2.52. The number of rotatable bonds is 5. The third-order valence-electron chi connectivity index (χ3n) is 5.18. The van der Waals surface area contributed by atoms with Crippen molar-refractivity contribution in [2.45, 2.75) is 12.7 Å². The third kappa shape index (κ3) is 5.24. The second-order valence-electron chi connectivity index (χ2n) is 7.36. The number of anilines is 1. The van der Waals surface area contributed by atoms with Crippen molar-refractivity contribution in [3.8, 4) is 0 Å². The quantitative estimate of drug-likeness (QED) is 0.418. The SMILES string of the molecule is O=c1nc(N2CCN(NCc3ccc(Cl)cc3)CC2)sc2c([N+](=O)[O-])cc(C(F)(F)F)cc12. The van der Waals surface area contributed by atoms with E-state index in [-0.39, 0.29) is 9.83 Å². The van der Waals surface area contributed by atoms with Gasteiger partial charge in [0.1, 0.15) is 4.70 Å². The summed E-state index contributed by atoms with van der Waals surface area (Å²) in [6.45, 7) is 2.74. The van der Waals surface area contributed by atoms with E-state index >= 15 is 0 Å². The van der Waals surface area contributed by atoms with Crippen molar-refractivity contribution in [1.29, 1.82) is 0 Å². The monoisotopic (exact) mass is 499 g/mol. The Labute approximate surface area is 194 Å². The van der Waals surface area contributed by atoms with Gasteiger partial charge in [0.15, 0.2) is 5.13 Å². The molecule has 1 saturated heterocycles. The normalized spacial score (nSPS) is 15.2. The van der Waals surface area contributed by atoms with Crippen LogP contribution in [0.1, 0.15) is 11.1 Å². The van der Waals surface area contributed by atoms with Gasteiger partial charge in [0.05, 0.1) is 15.9 Å². The molecule has 1 aromatic heterocycles. The second-order valence-corrected chi connectivity index (χ2v) is 8.78. The summed E-state index contributed by atoms with van der Waals surface area (Å²) in [4.78, 5) is 28.7. The molecule has 1 N–H and O–H groups in total. The van der Waals surface area contributed by atoms with E-state index in [2.05, 4.69) is 10.4 Å². The van der Waals surface area contributed by atoms with Crippen molar-refractivity contribution in [2.75, 3.05) is 31.1 Å². The van der Waals surface area contributed by atoms with Gasteiger partial charge in [-0.05, 0) is 23.8 Å². The Balaban J connectivity index is 1.52. The Morgan fingerprint density at radius 1 is 1.15 bits per heavy atom. The molecule has 0 amide bonds. The number of nitrogens with zero attached hydrogens (tertiary/aromatic N) is 4. The Bertz CT molecular complexity index is 1240. The molecule has 4 rings (SSSR count). The largest absolute Gasteiger partial charge is 0.416 e. The Morgan fingerprint density at radius 2 is 1.82 bits per heavy atom. The van der Waals surface area contributed by atoms with Gasteiger partial charge in [0.2, 0.25) is 0 Å². The topological polar surface area (TPSA) is 91.6 Å². The van der Waals surface area contributed by atoms with E-state index in [9.17, 15) is 28.1 Å². The van der Waals surface area contributed by atoms with Crippen molar-refractivity contribution in [2.24, 2.45) is 0 Å². The van der Waals surface area contributed by atoms with Crippen molar-refractivity contribution >= 4 is 43.8 Å². The molecule has 13 heteroatoms. The number of hydrogen-bond acceptors (Lipinski definition) is 8. The van der Waals surface area contributed by atoms with E-state index < -0.39 is 33.3 Å². The van der Waals surface area contributed by atoms with Gasteiger partial charge >= 0.3 is 6.18 Å². The van der Waals surface area contributed by atoms with Crippen LogP contribution in [0.15, 0.2) is 41.2 Å². The van der Waals surface area contributed by atoms with E-state index in [0.717, 1.165) is 16.9 Å². The highest BCUT2D eigenvalue weighted by Gasteiger charge is 2.34. The van der Waals surface area contributed by atoms with Crippen LogP contribution in [0.25, 0.3) is 10.1 Å². The van der Waals surface area contributed by atoms with Crippen molar-refractivity contribution in [3.05, 3.63) is 73.0 Å². The number of piperazine rings is 1. The molecule has 1 fully saturated rings.